The van der Waals surface area contributed by atoms with Crippen LogP contribution in [0.4, 0.5) is 0 Å². The highest BCUT2D eigenvalue weighted by molar-refractivity contribution is 5.74. The molecule has 1 heterocycles. The van der Waals surface area contributed by atoms with Crippen molar-refractivity contribution < 1.29 is 0 Å². The highest BCUT2D eigenvalue weighted by atomic mass is 15.3. The Kier molecular flexibility index (Phi) is 3.80. The Morgan fingerprint density at radius 3 is 2.59 bits per heavy atom. The van der Waals surface area contributed by atoms with E-state index in [1.807, 2.05) is 37.3 Å². The number of aromatic nitrogens is 3. The average molecular weight is 286 g/mol. The molecule has 4 nitrogen and oxygen atoms in total. The van der Waals surface area contributed by atoms with E-state index in [1.165, 1.54) is 0 Å². The number of nitriles is 1. The summed E-state index contributed by atoms with van der Waals surface area (Å²) in [5, 5.41) is 19.4. The highest BCUT2D eigenvalue weighted by Crippen LogP contribution is 2.23. The molecule has 3 rings (SSSR count). The van der Waals surface area contributed by atoms with E-state index in [0.29, 0.717) is 11.4 Å². The van der Waals surface area contributed by atoms with Crippen LogP contribution in [0.25, 0.3) is 23.4 Å². The zero-order valence-corrected chi connectivity index (χ0v) is 12.1. The van der Waals surface area contributed by atoms with Crippen molar-refractivity contribution in [2.24, 2.45) is 0 Å². The van der Waals surface area contributed by atoms with E-state index >= 15 is 0 Å². The van der Waals surface area contributed by atoms with Gasteiger partial charge < -0.3 is 0 Å². The monoisotopic (exact) mass is 286 g/mol. The Labute approximate surface area is 128 Å². The van der Waals surface area contributed by atoms with Crippen LogP contribution in [0.2, 0.25) is 0 Å². The van der Waals surface area contributed by atoms with Crippen LogP contribution in [0.3, 0.4) is 0 Å². The maximum Gasteiger partial charge on any atom is 0.163 e. The summed E-state index contributed by atoms with van der Waals surface area (Å²) >= 11 is 0. The lowest BCUT2D eigenvalue weighted by molar-refractivity contribution is 0.937. The average Bonchev–Trinajstić information content (AvgIpc) is 3.02. The van der Waals surface area contributed by atoms with Gasteiger partial charge in [-0.3, -0.25) is 0 Å². The third-order valence-corrected chi connectivity index (χ3v) is 3.30. The van der Waals surface area contributed by atoms with Crippen molar-refractivity contribution in [3.05, 3.63) is 70.9 Å². The second-order valence-corrected chi connectivity index (χ2v) is 5.02. The fourth-order valence-electron chi connectivity index (χ4n) is 2.31. The van der Waals surface area contributed by atoms with Crippen LogP contribution in [0.15, 0.2) is 48.5 Å². The van der Waals surface area contributed by atoms with Gasteiger partial charge in [0.2, 0.25) is 0 Å². The molecule has 4 heteroatoms. The maximum atomic E-state index is 9.08. The predicted octanol–water partition coefficient (Wildman–Crippen LogP) is 3.82. The quantitative estimate of drug-likeness (QED) is 0.744. The number of hydrogen-bond donors (Lipinski definition) is 1. The molecule has 0 aliphatic rings. The molecule has 0 spiro atoms. The van der Waals surface area contributed by atoms with Crippen molar-refractivity contribution in [3.63, 3.8) is 0 Å². The van der Waals surface area contributed by atoms with Crippen LogP contribution >= 0.6 is 0 Å². The first-order valence-electron chi connectivity index (χ1n) is 6.92. The van der Waals surface area contributed by atoms with Gasteiger partial charge in [0.15, 0.2) is 5.69 Å². The molecule has 0 bridgehead atoms. The SMILES string of the molecule is Cc1cc(/C=C/c2ccccc2)cc(-c2nn[nH]c2C#N)c1. The Hall–Kier alpha value is -3.19. The van der Waals surface area contributed by atoms with Crippen LogP contribution in [-0.4, -0.2) is 15.4 Å². The molecule has 0 fully saturated rings. The summed E-state index contributed by atoms with van der Waals surface area (Å²) in [7, 11) is 0. The van der Waals surface area contributed by atoms with Gasteiger partial charge in [-0.1, -0.05) is 53.8 Å². The van der Waals surface area contributed by atoms with Crippen molar-refractivity contribution >= 4 is 12.2 Å². The lowest BCUT2D eigenvalue weighted by atomic mass is 10.0. The first-order valence-corrected chi connectivity index (χ1v) is 6.92. The molecule has 1 aromatic heterocycles. The minimum Gasteiger partial charge on any atom is -0.247 e. The molecular formula is C18H14N4. The van der Waals surface area contributed by atoms with E-state index in [1.54, 1.807) is 0 Å². The van der Waals surface area contributed by atoms with E-state index in [2.05, 4.69) is 51.8 Å². The molecule has 2 aromatic carbocycles. The molecule has 0 aliphatic carbocycles. The molecule has 1 N–H and O–H groups in total. The van der Waals surface area contributed by atoms with Gasteiger partial charge >= 0.3 is 0 Å². The summed E-state index contributed by atoms with van der Waals surface area (Å²) < 4.78 is 0. The van der Waals surface area contributed by atoms with Crippen molar-refractivity contribution in [1.29, 1.82) is 5.26 Å². The zero-order chi connectivity index (χ0) is 15.4. The topological polar surface area (TPSA) is 65.4 Å². The molecule has 22 heavy (non-hydrogen) atoms. The summed E-state index contributed by atoms with van der Waals surface area (Å²) in [5.74, 6) is 0. The van der Waals surface area contributed by atoms with Crippen LogP contribution in [0.5, 0.6) is 0 Å². The summed E-state index contributed by atoms with van der Waals surface area (Å²) in [4.78, 5) is 0. The number of nitrogens with zero attached hydrogens (tertiary/aromatic N) is 3. The third-order valence-electron chi connectivity index (χ3n) is 3.30. The normalized spacial score (nSPS) is 10.7. The number of nitrogens with one attached hydrogen (secondary N) is 1. The highest BCUT2D eigenvalue weighted by Gasteiger charge is 2.10. The molecule has 0 saturated heterocycles. The van der Waals surface area contributed by atoms with Crippen molar-refractivity contribution in [2.45, 2.75) is 6.92 Å². The van der Waals surface area contributed by atoms with Gasteiger partial charge in [0, 0.05) is 5.56 Å². The van der Waals surface area contributed by atoms with Gasteiger partial charge in [-0.25, -0.2) is 5.10 Å². The van der Waals surface area contributed by atoms with E-state index < -0.39 is 0 Å². The molecule has 106 valence electrons. The number of benzene rings is 2. The van der Waals surface area contributed by atoms with E-state index in [4.69, 9.17) is 5.26 Å². The number of hydrogen-bond acceptors (Lipinski definition) is 3. The smallest absolute Gasteiger partial charge is 0.163 e. The van der Waals surface area contributed by atoms with Gasteiger partial charge in [0.25, 0.3) is 0 Å². The number of aryl methyl sites for hydroxylation is 1. The molecular weight excluding hydrogens is 272 g/mol. The van der Waals surface area contributed by atoms with Gasteiger partial charge in [-0.15, -0.1) is 5.10 Å². The lowest BCUT2D eigenvalue weighted by Gasteiger charge is -2.03. The van der Waals surface area contributed by atoms with Gasteiger partial charge in [0.05, 0.1) is 0 Å². The van der Waals surface area contributed by atoms with Crippen LogP contribution in [0, 0.1) is 18.3 Å². The van der Waals surface area contributed by atoms with E-state index in [-0.39, 0.29) is 0 Å². The summed E-state index contributed by atoms with van der Waals surface area (Å²) in [6.45, 7) is 2.02. The summed E-state index contributed by atoms with van der Waals surface area (Å²) in [6.07, 6.45) is 4.12. The standard InChI is InChI=1S/C18H14N4/c1-13-9-15(8-7-14-5-3-2-4-6-14)11-16(10-13)18-17(12-19)20-22-21-18/h2-11H,1H3,(H,20,21,22)/b8-7+. The van der Waals surface area contributed by atoms with Gasteiger partial charge in [-0.2, -0.15) is 5.26 Å². The fraction of sp³-hybridized carbons (Fsp3) is 0.0556. The summed E-state index contributed by atoms with van der Waals surface area (Å²) in [5.41, 5.74) is 5.16. The second kappa shape index (κ2) is 6.06. The second-order valence-electron chi connectivity index (χ2n) is 5.02. The number of rotatable bonds is 3. The molecule has 0 saturated carbocycles. The number of H-pyrrole nitrogens is 1. The molecule has 0 radical (unpaired) electrons. The molecule has 0 aliphatic heterocycles. The predicted molar refractivity (Wildman–Crippen MR) is 86.6 cm³/mol. The molecule has 0 unspecified atom stereocenters. The van der Waals surface area contributed by atoms with Gasteiger partial charge in [-0.05, 0) is 35.7 Å². The molecule has 3 aromatic rings. The summed E-state index contributed by atoms with van der Waals surface area (Å²) in [6, 6.07) is 18.3. The Balaban J connectivity index is 1.97. The third kappa shape index (κ3) is 2.94. The lowest BCUT2D eigenvalue weighted by Crippen LogP contribution is -1.86. The van der Waals surface area contributed by atoms with E-state index in [9.17, 15) is 0 Å². The van der Waals surface area contributed by atoms with Crippen molar-refractivity contribution in [2.75, 3.05) is 0 Å². The van der Waals surface area contributed by atoms with Crippen LogP contribution < -0.4 is 0 Å². The van der Waals surface area contributed by atoms with Crippen LogP contribution in [0.1, 0.15) is 22.4 Å². The minimum absolute atomic E-state index is 0.378. The fourth-order valence-corrected chi connectivity index (χ4v) is 2.31. The van der Waals surface area contributed by atoms with Crippen LogP contribution in [-0.2, 0) is 0 Å². The van der Waals surface area contributed by atoms with Crippen molar-refractivity contribution in [1.82, 2.24) is 15.4 Å². The Bertz CT molecular complexity index is 854. The van der Waals surface area contributed by atoms with Gasteiger partial charge in [0.1, 0.15) is 11.8 Å². The minimum atomic E-state index is 0.378. The Morgan fingerprint density at radius 1 is 1.05 bits per heavy atom. The molecule has 0 atom stereocenters. The van der Waals surface area contributed by atoms with Crippen molar-refractivity contribution in [3.8, 4) is 17.3 Å². The largest absolute Gasteiger partial charge is 0.247 e. The zero-order valence-electron chi connectivity index (χ0n) is 12.1. The first-order chi connectivity index (χ1) is 10.8. The Morgan fingerprint density at radius 2 is 1.82 bits per heavy atom. The van der Waals surface area contributed by atoms with E-state index in [0.717, 1.165) is 22.3 Å². The maximum absolute atomic E-state index is 9.08. The number of aromatic amines is 1. The molecule has 0 amide bonds. The first kappa shape index (κ1) is 13.8.